The van der Waals surface area contributed by atoms with Crippen molar-refractivity contribution in [1.29, 1.82) is 0 Å². The largest absolute Gasteiger partial charge is 0.379 e. The van der Waals surface area contributed by atoms with Crippen LogP contribution < -0.4 is 10.6 Å². The van der Waals surface area contributed by atoms with Gasteiger partial charge in [0.05, 0.1) is 18.9 Å². The number of carbonyl (C=O) groups excluding carboxylic acids is 2. The van der Waals surface area contributed by atoms with Crippen molar-refractivity contribution in [2.24, 2.45) is 0 Å². The van der Waals surface area contributed by atoms with E-state index >= 15 is 4.79 Å². The molecule has 2 N–H and O–H groups in total. The highest BCUT2D eigenvalue weighted by molar-refractivity contribution is 6.04. The number of amides is 2. The molecule has 3 aliphatic heterocycles. The molecule has 1 fully saturated rings. The number of morpholine rings is 1. The zero-order valence-corrected chi connectivity index (χ0v) is 28.5. The Morgan fingerprint density at radius 2 is 1.65 bits per heavy atom. The Balaban J connectivity index is 1.29. The van der Waals surface area contributed by atoms with Crippen molar-refractivity contribution in [3.8, 4) is 11.3 Å². The summed E-state index contributed by atoms with van der Waals surface area (Å²) in [6, 6.07) is 22.3. The van der Waals surface area contributed by atoms with Gasteiger partial charge in [0.15, 0.2) is 0 Å². The fourth-order valence-corrected chi connectivity index (χ4v) is 7.75. The van der Waals surface area contributed by atoms with Gasteiger partial charge in [-0.05, 0) is 117 Å². The fourth-order valence-electron chi connectivity index (χ4n) is 7.75. The van der Waals surface area contributed by atoms with Crippen molar-refractivity contribution < 1.29 is 14.3 Å². The van der Waals surface area contributed by atoms with Gasteiger partial charge in [0.2, 0.25) is 0 Å². The number of anilines is 1. The summed E-state index contributed by atoms with van der Waals surface area (Å²) in [5.41, 5.74) is 10.9. The Kier molecular flexibility index (Phi) is 9.48. The molecule has 2 amide bonds. The Morgan fingerprint density at radius 3 is 2.44 bits per heavy atom. The quantitative estimate of drug-likeness (QED) is 0.241. The van der Waals surface area contributed by atoms with Crippen LogP contribution in [0.2, 0.25) is 0 Å². The third-order valence-electron chi connectivity index (χ3n) is 10.7. The molecule has 250 valence electrons. The minimum Gasteiger partial charge on any atom is -0.379 e. The van der Waals surface area contributed by atoms with Gasteiger partial charge in [0, 0.05) is 54.7 Å². The van der Waals surface area contributed by atoms with Crippen molar-refractivity contribution in [2.45, 2.75) is 65.6 Å². The SMILES string of the molecule is Cc1c(C)c(-c2cc3c(cc2C(=O)N2Cc4ccccc4C[C@H]2CCCN2CCOCC2)CNCC3)n(C(=O)Nc2ccccc2)c1C. The molecule has 4 heterocycles. The first kappa shape index (κ1) is 32.3. The maximum atomic E-state index is 15.1. The summed E-state index contributed by atoms with van der Waals surface area (Å²) in [5, 5.41) is 6.60. The number of aromatic nitrogens is 1. The molecule has 1 saturated heterocycles. The lowest BCUT2D eigenvalue weighted by Crippen LogP contribution is -2.45. The van der Waals surface area contributed by atoms with E-state index in [4.69, 9.17) is 4.74 Å². The minimum atomic E-state index is -0.226. The summed E-state index contributed by atoms with van der Waals surface area (Å²) < 4.78 is 7.34. The van der Waals surface area contributed by atoms with Gasteiger partial charge in [-0.2, -0.15) is 0 Å². The number of nitrogens with one attached hydrogen (secondary N) is 2. The summed E-state index contributed by atoms with van der Waals surface area (Å²) in [7, 11) is 0. The topological polar surface area (TPSA) is 78.8 Å². The minimum absolute atomic E-state index is 0.0372. The molecule has 3 aliphatic rings. The molecule has 4 aromatic rings. The van der Waals surface area contributed by atoms with Crippen LogP contribution in [0.3, 0.4) is 0 Å². The average Bonchev–Trinajstić information content (AvgIpc) is 3.35. The highest BCUT2D eigenvalue weighted by Crippen LogP contribution is 2.37. The first-order valence-electron chi connectivity index (χ1n) is 17.5. The number of nitrogens with zero attached hydrogens (tertiary/aromatic N) is 3. The summed E-state index contributed by atoms with van der Waals surface area (Å²) in [6.07, 6.45) is 3.69. The predicted octanol–water partition coefficient (Wildman–Crippen LogP) is 6.49. The van der Waals surface area contributed by atoms with E-state index in [-0.39, 0.29) is 18.0 Å². The second kappa shape index (κ2) is 14.1. The molecular formula is C40H47N5O3. The van der Waals surface area contributed by atoms with Gasteiger partial charge in [-0.1, -0.05) is 42.5 Å². The fraction of sp³-hybridized carbons (Fsp3) is 0.400. The predicted molar refractivity (Wildman–Crippen MR) is 191 cm³/mol. The van der Waals surface area contributed by atoms with Crippen LogP contribution in [-0.2, 0) is 30.7 Å². The van der Waals surface area contributed by atoms with Crippen molar-refractivity contribution in [1.82, 2.24) is 19.7 Å². The van der Waals surface area contributed by atoms with Crippen LogP contribution in [-0.4, -0.2) is 71.7 Å². The lowest BCUT2D eigenvalue weighted by atomic mass is 9.88. The van der Waals surface area contributed by atoms with Gasteiger partial charge in [-0.3, -0.25) is 14.3 Å². The van der Waals surface area contributed by atoms with Crippen LogP contribution in [0.5, 0.6) is 0 Å². The summed E-state index contributed by atoms with van der Waals surface area (Å²) in [5.74, 6) is 0.0372. The lowest BCUT2D eigenvalue weighted by molar-refractivity contribution is 0.0353. The van der Waals surface area contributed by atoms with Gasteiger partial charge in [0.25, 0.3) is 5.91 Å². The van der Waals surface area contributed by atoms with Gasteiger partial charge >= 0.3 is 6.03 Å². The molecule has 3 aromatic carbocycles. The Hall–Kier alpha value is -4.24. The number of rotatable bonds is 7. The molecule has 1 aromatic heterocycles. The molecule has 0 radical (unpaired) electrons. The Labute approximate surface area is 284 Å². The van der Waals surface area contributed by atoms with E-state index in [0.29, 0.717) is 12.1 Å². The smallest absolute Gasteiger partial charge is 0.330 e. The highest BCUT2D eigenvalue weighted by atomic mass is 16.5. The first-order chi connectivity index (χ1) is 23.4. The number of hydrogen-bond acceptors (Lipinski definition) is 5. The van der Waals surface area contributed by atoms with E-state index in [1.807, 2.05) is 37.3 Å². The molecule has 7 rings (SSSR count). The molecular weight excluding hydrogens is 598 g/mol. The molecule has 0 unspecified atom stereocenters. The second-order valence-electron chi connectivity index (χ2n) is 13.6. The number of carbonyl (C=O) groups is 2. The normalized spacial score (nSPS) is 17.9. The summed E-state index contributed by atoms with van der Waals surface area (Å²) in [4.78, 5) is 33.7. The van der Waals surface area contributed by atoms with Crippen LogP contribution in [0.25, 0.3) is 11.3 Å². The third kappa shape index (κ3) is 6.44. The number of hydrogen-bond donors (Lipinski definition) is 2. The maximum Gasteiger partial charge on any atom is 0.330 e. The number of ether oxygens (including phenoxy) is 1. The van der Waals surface area contributed by atoms with Crippen molar-refractivity contribution in [3.63, 3.8) is 0 Å². The molecule has 48 heavy (non-hydrogen) atoms. The van der Waals surface area contributed by atoms with Crippen molar-refractivity contribution >= 4 is 17.6 Å². The molecule has 1 atom stereocenters. The zero-order chi connectivity index (χ0) is 33.2. The van der Waals surface area contributed by atoms with E-state index in [2.05, 4.69) is 70.7 Å². The summed E-state index contributed by atoms with van der Waals surface area (Å²) >= 11 is 0. The average molecular weight is 646 g/mol. The van der Waals surface area contributed by atoms with Gasteiger partial charge < -0.3 is 20.3 Å². The standard InChI is InChI=1S/C40H47N5O3/c1-27-28(2)38(45(29(27)3)40(47)42-34-12-5-4-6-13-34)36-23-31-15-16-41-25-33(31)24-37(36)39(46)44-26-32-11-8-7-10-30(32)22-35(44)14-9-17-43-18-20-48-21-19-43/h4-8,10-13,23-24,35,41H,9,14-22,25-26H2,1-3H3,(H,42,47)/t35-/m1/s1. The molecule has 8 nitrogen and oxygen atoms in total. The van der Waals surface area contributed by atoms with Crippen LogP contribution in [0.1, 0.15) is 62.3 Å². The monoisotopic (exact) mass is 645 g/mol. The van der Waals surface area contributed by atoms with E-state index in [0.717, 1.165) is 111 Å². The van der Waals surface area contributed by atoms with E-state index in [1.54, 1.807) is 4.57 Å². The van der Waals surface area contributed by atoms with Crippen LogP contribution in [0, 0.1) is 20.8 Å². The van der Waals surface area contributed by atoms with E-state index < -0.39 is 0 Å². The molecule has 0 spiro atoms. The summed E-state index contributed by atoms with van der Waals surface area (Å²) in [6.45, 7) is 12.9. The highest BCUT2D eigenvalue weighted by Gasteiger charge is 2.34. The number of para-hydroxylation sites is 1. The first-order valence-corrected chi connectivity index (χ1v) is 17.5. The molecule has 8 heteroatoms. The zero-order valence-electron chi connectivity index (χ0n) is 28.5. The van der Waals surface area contributed by atoms with Gasteiger partial charge in [-0.25, -0.2) is 4.79 Å². The molecule has 0 bridgehead atoms. The third-order valence-corrected chi connectivity index (χ3v) is 10.7. The van der Waals surface area contributed by atoms with Gasteiger partial charge in [-0.15, -0.1) is 0 Å². The number of fused-ring (bicyclic) bond motifs is 2. The second-order valence-corrected chi connectivity index (χ2v) is 13.6. The lowest BCUT2D eigenvalue weighted by Gasteiger charge is -2.38. The number of benzene rings is 3. The Morgan fingerprint density at radius 1 is 0.896 bits per heavy atom. The van der Waals surface area contributed by atoms with E-state index in [9.17, 15) is 4.79 Å². The molecule has 0 saturated carbocycles. The molecule has 0 aliphatic carbocycles. The Bertz CT molecular complexity index is 1810. The van der Waals surface area contributed by atoms with Crippen LogP contribution in [0.15, 0.2) is 66.7 Å². The van der Waals surface area contributed by atoms with Gasteiger partial charge in [0.1, 0.15) is 0 Å². The van der Waals surface area contributed by atoms with E-state index in [1.165, 1.54) is 16.7 Å². The van der Waals surface area contributed by atoms with Crippen LogP contribution >= 0.6 is 0 Å². The van der Waals surface area contributed by atoms with Crippen molar-refractivity contribution in [2.75, 3.05) is 44.7 Å². The van der Waals surface area contributed by atoms with Crippen LogP contribution in [0.4, 0.5) is 10.5 Å². The maximum absolute atomic E-state index is 15.1. The van der Waals surface area contributed by atoms with Crippen molar-refractivity contribution in [3.05, 3.63) is 111 Å².